The van der Waals surface area contributed by atoms with Gasteiger partial charge in [0.25, 0.3) is 11.8 Å². The average Bonchev–Trinajstić information content (AvgIpc) is 2.91. The van der Waals surface area contributed by atoms with E-state index in [1.165, 1.54) is 6.92 Å². The summed E-state index contributed by atoms with van der Waals surface area (Å²) in [5.74, 6) is -0.830. The lowest BCUT2D eigenvalue weighted by atomic mass is 9.85. The maximum absolute atomic E-state index is 14.8. The Morgan fingerprint density at radius 3 is 1.92 bits per heavy atom. The summed E-state index contributed by atoms with van der Waals surface area (Å²) < 4.78 is 26.2. The fourth-order valence-electron chi connectivity index (χ4n) is 2.84. The Labute approximate surface area is 146 Å². The number of benzene rings is 1. The summed E-state index contributed by atoms with van der Waals surface area (Å²) in [4.78, 5) is 25.8. The van der Waals surface area contributed by atoms with Crippen molar-refractivity contribution in [3.05, 3.63) is 46.7 Å². The Balaban J connectivity index is 1.81. The highest BCUT2D eigenvalue weighted by Gasteiger charge is 2.53. The summed E-state index contributed by atoms with van der Waals surface area (Å²) in [6, 6.07) is 6.58. The van der Waals surface area contributed by atoms with Crippen LogP contribution in [0.5, 0.6) is 0 Å². The van der Waals surface area contributed by atoms with Gasteiger partial charge in [0, 0.05) is 0 Å². The highest BCUT2D eigenvalue weighted by Crippen LogP contribution is 2.39. The molecule has 0 N–H and O–H groups in total. The first-order valence-electron chi connectivity index (χ1n) is 8.21. The quantitative estimate of drug-likeness (QED) is 0.624. The van der Waals surface area contributed by atoms with Crippen molar-refractivity contribution in [2.75, 3.05) is 6.54 Å². The van der Waals surface area contributed by atoms with E-state index >= 15 is 0 Å². The Morgan fingerprint density at radius 2 is 1.48 bits per heavy atom. The summed E-state index contributed by atoms with van der Waals surface area (Å²) in [6.07, 6.45) is 0. The van der Waals surface area contributed by atoms with Crippen LogP contribution in [-0.4, -0.2) is 41.6 Å². The molecule has 0 radical (unpaired) electrons. The highest BCUT2D eigenvalue weighted by atomic mass is 19.1. The fraction of sp³-hybridized carbons (Fsp3) is 0.444. The van der Waals surface area contributed by atoms with E-state index in [1.807, 2.05) is 27.7 Å². The summed E-state index contributed by atoms with van der Waals surface area (Å²) in [7, 11) is -1.14. The first kappa shape index (κ1) is 17.8. The van der Waals surface area contributed by atoms with Crippen LogP contribution in [0, 0.1) is 0 Å². The number of rotatable bonds is 3. The van der Waals surface area contributed by atoms with E-state index in [-0.39, 0.29) is 12.1 Å². The van der Waals surface area contributed by atoms with Gasteiger partial charge in [0.1, 0.15) is 5.73 Å². The van der Waals surface area contributed by atoms with Crippen molar-refractivity contribution in [3.63, 3.8) is 0 Å². The van der Waals surface area contributed by atoms with Crippen molar-refractivity contribution < 1.29 is 23.3 Å². The van der Waals surface area contributed by atoms with Crippen LogP contribution in [-0.2, 0) is 9.31 Å². The first-order valence-corrected chi connectivity index (χ1v) is 8.21. The molecule has 2 aliphatic rings. The van der Waals surface area contributed by atoms with Crippen LogP contribution in [0.1, 0.15) is 55.3 Å². The van der Waals surface area contributed by atoms with Crippen LogP contribution in [0.4, 0.5) is 4.39 Å². The molecule has 1 aromatic carbocycles. The molecule has 2 heterocycles. The molecule has 1 aromatic rings. The third-order valence-corrected chi connectivity index (χ3v) is 5.14. The maximum Gasteiger partial charge on any atom is 0.525 e. The highest BCUT2D eigenvalue weighted by molar-refractivity contribution is 6.53. The number of carbonyl (C=O) groups is 2. The molecule has 2 amide bonds. The molecule has 1 fully saturated rings. The zero-order valence-electron chi connectivity index (χ0n) is 15.1. The van der Waals surface area contributed by atoms with Crippen LogP contribution in [0.25, 0.3) is 0 Å². The zero-order chi connectivity index (χ0) is 18.6. The molecule has 0 spiro atoms. The van der Waals surface area contributed by atoms with Crippen LogP contribution >= 0.6 is 0 Å². The standard InChI is InChI=1S/C18H21BFNO4/c1-11(14(20)19-24-17(2,3)18(4,5)25-19)10-21-15(22)12-8-6-7-9-13(12)16(21)23/h6-9H,10H2,1-5H3. The minimum atomic E-state index is -1.14. The Morgan fingerprint density at radius 1 is 1.04 bits per heavy atom. The summed E-state index contributed by atoms with van der Waals surface area (Å²) in [6.45, 7) is 8.73. The van der Waals surface area contributed by atoms with E-state index in [4.69, 9.17) is 9.31 Å². The summed E-state index contributed by atoms with van der Waals surface area (Å²) in [5, 5.41) is 0. The minimum absolute atomic E-state index is 0.137. The number of halogens is 1. The second-order valence-corrected chi connectivity index (χ2v) is 7.46. The lowest BCUT2D eigenvalue weighted by Gasteiger charge is -2.32. The van der Waals surface area contributed by atoms with Gasteiger partial charge in [-0.25, -0.2) is 4.39 Å². The van der Waals surface area contributed by atoms with Crippen molar-refractivity contribution in [3.8, 4) is 0 Å². The summed E-state index contributed by atoms with van der Waals surface area (Å²) in [5.41, 5.74) is -1.01. The predicted molar refractivity (Wildman–Crippen MR) is 91.7 cm³/mol. The number of hydrogen-bond acceptors (Lipinski definition) is 4. The zero-order valence-corrected chi connectivity index (χ0v) is 15.1. The molecule has 3 rings (SSSR count). The molecule has 25 heavy (non-hydrogen) atoms. The maximum atomic E-state index is 14.8. The Bertz CT molecular complexity index is 736. The van der Waals surface area contributed by atoms with Gasteiger partial charge in [-0.3, -0.25) is 14.5 Å². The number of fused-ring (bicyclic) bond motifs is 1. The van der Waals surface area contributed by atoms with Crippen LogP contribution in [0.3, 0.4) is 0 Å². The van der Waals surface area contributed by atoms with Crippen molar-refractivity contribution in [1.82, 2.24) is 4.90 Å². The van der Waals surface area contributed by atoms with Gasteiger partial charge in [0.15, 0.2) is 0 Å². The topological polar surface area (TPSA) is 55.8 Å². The van der Waals surface area contributed by atoms with Crippen molar-refractivity contribution in [2.45, 2.75) is 45.8 Å². The minimum Gasteiger partial charge on any atom is -0.398 e. The monoisotopic (exact) mass is 345 g/mol. The predicted octanol–water partition coefficient (Wildman–Crippen LogP) is 3.16. The van der Waals surface area contributed by atoms with E-state index in [0.29, 0.717) is 11.1 Å². The van der Waals surface area contributed by atoms with Gasteiger partial charge in [-0.2, -0.15) is 0 Å². The first-order chi connectivity index (χ1) is 11.5. The smallest absolute Gasteiger partial charge is 0.398 e. The number of hydrogen-bond donors (Lipinski definition) is 0. The molecule has 0 bridgehead atoms. The Hall–Kier alpha value is -1.99. The summed E-state index contributed by atoms with van der Waals surface area (Å²) >= 11 is 0. The molecular weight excluding hydrogens is 324 g/mol. The van der Waals surface area contributed by atoms with Gasteiger partial charge in [-0.15, -0.1) is 0 Å². The molecule has 0 aromatic heterocycles. The normalized spacial score (nSPS) is 22.3. The van der Waals surface area contributed by atoms with E-state index in [0.717, 1.165) is 4.90 Å². The molecular formula is C18H21BFNO4. The van der Waals surface area contributed by atoms with E-state index in [9.17, 15) is 14.0 Å². The molecule has 132 valence electrons. The number of imide groups is 1. The molecule has 0 atom stereocenters. The average molecular weight is 345 g/mol. The van der Waals surface area contributed by atoms with Crippen molar-refractivity contribution in [2.24, 2.45) is 0 Å². The van der Waals surface area contributed by atoms with Gasteiger partial charge < -0.3 is 9.31 Å². The van der Waals surface area contributed by atoms with Gasteiger partial charge >= 0.3 is 7.12 Å². The van der Waals surface area contributed by atoms with E-state index in [2.05, 4.69) is 0 Å². The molecule has 0 unspecified atom stereocenters. The lowest BCUT2D eigenvalue weighted by molar-refractivity contribution is 0.00578. The molecule has 0 aliphatic carbocycles. The Kier molecular flexibility index (Phi) is 4.12. The van der Waals surface area contributed by atoms with Crippen LogP contribution in [0.2, 0.25) is 0 Å². The van der Waals surface area contributed by atoms with Crippen LogP contribution < -0.4 is 0 Å². The molecule has 5 nitrogen and oxygen atoms in total. The molecule has 0 saturated carbocycles. The second-order valence-electron chi connectivity index (χ2n) is 7.46. The lowest BCUT2D eigenvalue weighted by Crippen LogP contribution is -2.41. The fourth-order valence-corrected chi connectivity index (χ4v) is 2.84. The van der Waals surface area contributed by atoms with Crippen LogP contribution in [0.15, 0.2) is 35.6 Å². The van der Waals surface area contributed by atoms with E-state index < -0.39 is 35.9 Å². The van der Waals surface area contributed by atoms with Gasteiger partial charge in [0.05, 0.1) is 28.9 Å². The molecule has 7 heteroatoms. The third-order valence-electron chi connectivity index (χ3n) is 5.14. The second kappa shape index (κ2) is 5.78. The molecule has 2 aliphatic heterocycles. The van der Waals surface area contributed by atoms with Crippen molar-refractivity contribution >= 4 is 18.9 Å². The van der Waals surface area contributed by atoms with Gasteiger partial charge in [-0.1, -0.05) is 12.1 Å². The van der Waals surface area contributed by atoms with Crippen molar-refractivity contribution in [1.29, 1.82) is 0 Å². The van der Waals surface area contributed by atoms with E-state index in [1.54, 1.807) is 24.3 Å². The number of amides is 2. The van der Waals surface area contributed by atoms with Gasteiger partial charge in [0.2, 0.25) is 0 Å². The number of carbonyl (C=O) groups excluding carboxylic acids is 2. The largest absolute Gasteiger partial charge is 0.525 e. The number of nitrogens with zero attached hydrogens (tertiary/aromatic N) is 1. The molecule has 1 saturated heterocycles. The third kappa shape index (κ3) is 2.81. The SMILES string of the molecule is CC(CN1C(=O)c2ccccc2C1=O)=C(F)B1OC(C)(C)C(C)(C)O1. The van der Waals surface area contributed by atoms with Gasteiger partial charge in [-0.05, 0) is 52.3 Å².